The minimum atomic E-state index is 0.161. The van der Waals surface area contributed by atoms with Crippen LogP contribution in [0.15, 0.2) is 18.2 Å². The Balaban J connectivity index is 2.46. The van der Waals surface area contributed by atoms with Gasteiger partial charge in [-0.15, -0.1) is 0 Å². The molecule has 0 heterocycles. The molecule has 1 aromatic carbocycles. The molecule has 0 spiro atoms. The second-order valence-corrected chi connectivity index (χ2v) is 3.47. The lowest BCUT2D eigenvalue weighted by Crippen LogP contribution is -2.17. The summed E-state index contributed by atoms with van der Waals surface area (Å²) in [5.41, 5.74) is 6.17. The summed E-state index contributed by atoms with van der Waals surface area (Å²) in [4.78, 5) is 0. The molecule has 0 saturated carbocycles. The van der Waals surface area contributed by atoms with E-state index in [9.17, 15) is 5.11 Å². The number of halogens is 1. The van der Waals surface area contributed by atoms with Crippen molar-refractivity contribution in [2.75, 3.05) is 13.1 Å². The van der Waals surface area contributed by atoms with Crippen molar-refractivity contribution in [1.82, 2.24) is 5.32 Å². The van der Waals surface area contributed by atoms with Gasteiger partial charge in [-0.3, -0.25) is 0 Å². The number of rotatable bonds is 5. The number of benzene rings is 1. The van der Waals surface area contributed by atoms with Gasteiger partial charge in [0.2, 0.25) is 0 Å². The molecule has 0 aliphatic rings. The molecule has 0 unspecified atom stereocenters. The fraction of sp³-hybridized carbons (Fsp3) is 0.400. The predicted molar refractivity (Wildman–Crippen MR) is 58.5 cm³/mol. The Morgan fingerprint density at radius 1 is 1.43 bits per heavy atom. The summed E-state index contributed by atoms with van der Waals surface area (Å²) < 4.78 is 0. The zero-order valence-corrected chi connectivity index (χ0v) is 8.72. The summed E-state index contributed by atoms with van der Waals surface area (Å²) in [6.07, 6.45) is 0.932. The van der Waals surface area contributed by atoms with Crippen LogP contribution in [0, 0.1) is 0 Å². The highest BCUT2D eigenvalue weighted by Crippen LogP contribution is 2.26. The first-order chi connectivity index (χ1) is 6.75. The van der Waals surface area contributed by atoms with E-state index < -0.39 is 0 Å². The molecule has 0 aromatic heterocycles. The highest BCUT2D eigenvalue weighted by Gasteiger charge is 2.03. The molecule has 0 radical (unpaired) electrons. The van der Waals surface area contributed by atoms with Crippen LogP contribution in [-0.2, 0) is 6.54 Å². The van der Waals surface area contributed by atoms with E-state index in [1.807, 2.05) is 12.1 Å². The maximum absolute atomic E-state index is 9.56. The van der Waals surface area contributed by atoms with Crippen LogP contribution in [0.3, 0.4) is 0 Å². The van der Waals surface area contributed by atoms with Crippen molar-refractivity contribution in [3.63, 3.8) is 0 Å². The average Bonchev–Trinajstić information content (AvgIpc) is 2.19. The SMILES string of the molecule is NCCCNCc1cccc(Cl)c1O. The smallest absolute Gasteiger partial charge is 0.138 e. The fourth-order valence-corrected chi connectivity index (χ4v) is 1.35. The lowest BCUT2D eigenvalue weighted by molar-refractivity contribution is 0.464. The van der Waals surface area contributed by atoms with Crippen LogP contribution in [0.5, 0.6) is 5.75 Å². The van der Waals surface area contributed by atoms with Crippen LogP contribution in [0.25, 0.3) is 0 Å². The standard InChI is InChI=1S/C10H15ClN2O/c11-9-4-1-3-8(10(9)14)7-13-6-2-5-12/h1,3-4,13-14H,2,5-7,12H2. The van der Waals surface area contributed by atoms with Crippen molar-refractivity contribution in [1.29, 1.82) is 0 Å². The Morgan fingerprint density at radius 2 is 2.21 bits per heavy atom. The van der Waals surface area contributed by atoms with Crippen LogP contribution in [-0.4, -0.2) is 18.2 Å². The van der Waals surface area contributed by atoms with Crippen molar-refractivity contribution >= 4 is 11.6 Å². The van der Waals surface area contributed by atoms with E-state index in [4.69, 9.17) is 17.3 Å². The van der Waals surface area contributed by atoms with Gasteiger partial charge in [0.1, 0.15) is 5.75 Å². The Hall–Kier alpha value is -0.770. The normalized spacial score (nSPS) is 10.4. The monoisotopic (exact) mass is 214 g/mol. The molecule has 0 atom stereocenters. The van der Waals surface area contributed by atoms with Crippen LogP contribution >= 0.6 is 11.6 Å². The lowest BCUT2D eigenvalue weighted by atomic mass is 10.2. The molecule has 3 nitrogen and oxygen atoms in total. The van der Waals surface area contributed by atoms with Crippen LogP contribution in [0.2, 0.25) is 5.02 Å². The molecule has 1 aromatic rings. The second-order valence-electron chi connectivity index (χ2n) is 3.07. The molecule has 4 N–H and O–H groups in total. The molecule has 4 heteroatoms. The third-order valence-corrected chi connectivity index (χ3v) is 2.25. The average molecular weight is 215 g/mol. The van der Waals surface area contributed by atoms with Gasteiger partial charge in [0.15, 0.2) is 0 Å². The summed E-state index contributed by atoms with van der Waals surface area (Å²) in [6, 6.07) is 5.33. The van der Waals surface area contributed by atoms with E-state index in [1.54, 1.807) is 6.07 Å². The molecule has 0 aliphatic carbocycles. The predicted octanol–water partition coefficient (Wildman–Crippen LogP) is 1.48. The first kappa shape index (κ1) is 11.3. The molecule has 0 saturated heterocycles. The zero-order valence-electron chi connectivity index (χ0n) is 7.96. The summed E-state index contributed by atoms with van der Waals surface area (Å²) in [7, 11) is 0. The third kappa shape index (κ3) is 3.18. The first-order valence-corrected chi connectivity index (χ1v) is 5.00. The number of phenolic OH excluding ortho intramolecular Hbond substituents is 1. The Kier molecular flexibility index (Phi) is 4.73. The maximum atomic E-state index is 9.56. The number of nitrogens with one attached hydrogen (secondary N) is 1. The molecular formula is C10H15ClN2O. The van der Waals surface area contributed by atoms with E-state index in [-0.39, 0.29) is 5.75 Å². The lowest BCUT2D eigenvalue weighted by Gasteiger charge is -2.06. The topological polar surface area (TPSA) is 58.3 Å². The van der Waals surface area contributed by atoms with Crippen LogP contribution in [0.1, 0.15) is 12.0 Å². The Bertz CT molecular complexity index is 291. The highest BCUT2D eigenvalue weighted by atomic mass is 35.5. The van der Waals surface area contributed by atoms with Gasteiger partial charge in [-0.1, -0.05) is 23.7 Å². The van der Waals surface area contributed by atoms with Gasteiger partial charge in [0, 0.05) is 12.1 Å². The second kappa shape index (κ2) is 5.86. The quantitative estimate of drug-likeness (QED) is 0.651. The van der Waals surface area contributed by atoms with Crippen molar-refractivity contribution in [2.24, 2.45) is 5.73 Å². The van der Waals surface area contributed by atoms with Gasteiger partial charge < -0.3 is 16.2 Å². The molecule has 14 heavy (non-hydrogen) atoms. The number of para-hydroxylation sites is 1. The molecule has 0 aliphatic heterocycles. The minimum absolute atomic E-state index is 0.161. The number of nitrogens with two attached hydrogens (primary N) is 1. The summed E-state index contributed by atoms with van der Waals surface area (Å²) in [6.45, 7) is 2.14. The molecule has 1 rings (SSSR count). The van der Waals surface area contributed by atoms with Gasteiger partial charge in [-0.25, -0.2) is 0 Å². The van der Waals surface area contributed by atoms with Crippen molar-refractivity contribution in [3.05, 3.63) is 28.8 Å². The molecule has 0 bridgehead atoms. The molecule has 78 valence electrons. The van der Waals surface area contributed by atoms with Gasteiger partial charge in [-0.2, -0.15) is 0 Å². The van der Waals surface area contributed by atoms with Crippen LogP contribution < -0.4 is 11.1 Å². The van der Waals surface area contributed by atoms with Gasteiger partial charge in [0.25, 0.3) is 0 Å². The third-order valence-electron chi connectivity index (χ3n) is 1.94. The van der Waals surface area contributed by atoms with Gasteiger partial charge in [0.05, 0.1) is 5.02 Å². The number of hydrogen-bond donors (Lipinski definition) is 3. The van der Waals surface area contributed by atoms with E-state index in [0.717, 1.165) is 18.5 Å². The van der Waals surface area contributed by atoms with Gasteiger partial charge >= 0.3 is 0 Å². The van der Waals surface area contributed by atoms with Crippen molar-refractivity contribution < 1.29 is 5.11 Å². The molecule has 0 fully saturated rings. The minimum Gasteiger partial charge on any atom is -0.506 e. The first-order valence-electron chi connectivity index (χ1n) is 4.63. The summed E-state index contributed by atoms with van der Waals surface area (Å²) >= 11 is 5.76. The van der Waals surface area contributed by atoms with Gasteiger partial charge in [-0.05, 0) is 25.6 Å². The summed E-state index contributed by atoms with van der Waals surface area (Å²) in [5.74, 6) is 0.161. The highest BCUT2D eigenvalue weighted by molar-refractivity contribution is 6.32. The van der Waals surface area contributed by atoms with E-state index in [0.29, 0.717) is 18.1 Å². The van der Waals surface area contributed by atoms with E-state index in [1.165, 1.54) is 0 Å². The maximum Gasteiger partial charge on any atom is 0.138 e. The zero-order chi connectivity index (χ0) is 10.4. The van der Waals surface area contributed by atoms with E-state index in [2.05, 4.69) is 5.32 Å². The Labute approximate surface area is 88.9 Å². The fourth-order valence-electron chi connectivity index (χ4n) is 1.15. The van der Waals surface area contributed by atoms with Crippen LogP contribution in [0.4, 0.5) is 0 Å². The number of aromatic hydroxyl groups is 1. The molecule has 0 amide bonds. The molecular weight excluding hydrogens is 200 g/mol. The van der Waals surface area contributed by atoms with Crippen molar-refractivity contribution in [2.45, 2.75) is 13.0 Å². The largest absolute Gasteiger partial charge is 0.506 e. The number of hydrogen-bond acceptors (Lipinski definition) is 3. The van der Waals surface area contributed by atoms with E-state index >= 15 is 0 Å². The Morgan fingerprint density at radius 3 is 2.93 bits per heavy atom. The van der Waals surface area contributed by atoms with Crippen molar-refractivity contribution in [3.8, 4) is 5.75 Å². The summed E-state index contributed by atoms with van der Waals surface area (Å²) in [5, 5.41) is 13.1. The number of phenols is 1.